The van der Waals surface area contributed by atoms with Crippen LogP contribution in [0.3, 0.4) is 0 Å². The number of hydrogen-bond acceptors (Lipinski definition) is 4. The van der Waals surface area contributed by atoms with E-state index in [0.717, 1.165) is 29.7 Å². The third-order valence-corrected chi connectivity index (χ3v) is 8.16. The van der Waals surface area contributed by atoms with Crippen molar-refractivity contribution in [2.45, 2.75) is 30.0 Å². The van der Waals surface area contributed by atoms with Crippen LogP contribution in [0.1, 0.15) is 23.3 Å². The Hall–Kier alpha value is -1.12. The number of benzene rings is 1. The Morgan fingerprint density at radius 2 is 1.88 bits per heavy atom. The van der Waals surface area contributed by atoms with Gasteiger partial charge in [0, 0.05) is 34.6 Å². The monoisotopic (exact) mass is 432 g/mol. The number of sulfonamides is 1. The molecule has 1 saturated heterocycles. The Balaban J connectivity index is 1.59. The Morgan fingerprint density at radius 3 is 2.58 bits per heavy atom. The second kappa shape index (κ2) is 8.27. The molecule has 5 nitrogen and oxygen atoms in total. The highest BCUT2D eigenvalue weighted by Gasteiger charge is 2.28. The van der Waals surface area contributed by atoms with Crippen LogP contribution in [0.25, 0.3) is 0 Å². The maximum absolute atomic E-state index is 12.5. The standard InChI is InChI=1S/C17H18Cl2N2O3S2/c18-13-4-3-12(15(19)9-13)11-20-16(22)10-14-5-6-17(25-14)26(23,24)21-7-1-2-8-21/h3-6,9H,1-2,7-8,10-11H2,(H,20,22). The number of thiophene rings is 1. The smallest absolute Gasteiger partial charge is 0.252 e. The van der Waals surface area contributed by atoms with E-state index >= 15 is 0 Å². The van der Waals surface area contributed by atoms with Crippen molar-refractivity contribution in [3.8, 4) is 0 Å². The number of halogens is 2. The summed E-state index contributed by atoms with van der Waals surface area (Å²) in [6.07, 6.45) is 1.92. The Kier molecular flexibility index (Phi) is 6.25. The van der Waals surface area contributed by atoms with Gasteiger partial charge in [-0.05, 0) is 42.7 Å². The van der Waals surface area contributed by atoms with Gasteiger partial charge in [0.2, 0.25) is 5.91 Å². The summed E-state index contributed by atoms with van der Waals surface area (Å²) in [6.45, 7) is 1.43. The minimum absolute atomic E-state index is 0.130. The molecule has 0 atom stereocenters. The third kappa shape index (κ3) is 4.58. The molecule has 2 heterocycles. The van der Waals surface area contributed by atoms with Crippen molar-refractivity contribution in [2.24, 2.45) is 0 Å². The third-order valence-electron chi connectivity index (χ3n) is 4.12. The lowest BCUT2D eigenvalue weighted by Gasteiger charge is -2.13. The second-order valence-electron chi connectivity index (χ2n) is 6.02. The van der Waals surface area contributed by atoms with Crippen LogP contribution in [0.2, 0.25) is 10.0 Å². The summed E-state index contributed by atoms with van der Waals surface area (Å²) >= 11 is 13.1. The molecule has 0 spiro atoms. The molecule has 1 aromatic carbocycles. The van der Waals surface area contributed by atoms with E-state index in [2.05, 4.69) is 5.32 Å². The van der Waals surface area contributed by atoms with Gasteiger partial charge in [0.15, 0.2) is 0 Å². The molecule has 0 saturated carbocycles. The number of nitrogens with one attached hydrogen (secondary N) is 1. The zero-order chi connectivity index (χ0) is 18.7. The minimum Gasteiger partial charge on any atom is -0.352 e. The van der Waals surface area contributed by atoms with Crippen LogP contribution in [0, 0.1) is 0 Å². The van der Waals surface area contributed by atoms with Gasteiger partial charge < -0.3 is 5.32 Å². The number of amides is 1. The van der Waals surface area contributed by atoms with Gasteiger partial charge in [-0.25, -0.2) is 8.42 Å². The van der Waals surface area contributed by atoms with Crippen LogP contribution < -0.4 is 5.32 Å². The fourth-order valence-electron chi connectivity index (χ4n) is 2.73. The summed E-state index contributed by atoms with van der Waals surface area (Å²) in [6, 6.07) is 8.37. The van der Waals surface area contributed by atoms with E-state index in [1.807, 2.05) is 0 Å². The highest BCUT2D eigenvalue weighted by molar-refractivity contribution is 7.91. The largest absolute Gasteiger partial charge is 0.352 e. The molecule has 9 heteroatoms. The summed E-state index contributed by atoms with van der Waals surface area (Å²) < 4.78 is 26.8. The first kappa shape index (κ1) is 19.6. The van der Waals surface area contributed by atoms with Gasteiger partial charge in [0.1, 0.15) is 4.21 Å². The topological polar surface area (TPSA) is 66.5 Å². The fourth-order valence-corrected chi connectivity index (χ4v) is 6.23. The van der Waals surface area contributed by atoms with E-state index < -0.39 is 10.0 Å². The molecule has 0 bridgehead atoms. The fraction of sp³-hybridized carbons (Fsp3) is 0.353. The zero-order valence-electron chi connectivity index (χ0n) is 13.9. The van der Waals surface area contributed by atoms with Crippen molar-refractivity contribution < 1.29 is 13.2 Å². The maximum atomic E-state index is 12.5. The molecule has 1 fully saturated rings. The van der Waals surface area contributed by atoms with E-state index in [0.29, 0.717) is 38.8 Å². The molecule has 3 rings (SSSR count). The zero-order valence-corrected chi connectivity index (χ0v) is 17.0. The average molecular weight is 433 g/mol. The van der Waals surface area contributed by atoms with Crippen molar-refractivity contribution in [2.75, 3.05) is 13.1 Å². The van der Waals surface area contributed by atoms with Gasteiger partial charge in [0.05, 0.1) is 6.42 Å². The number of hydrogen-bond donors (Lipinski definition) is 1. The van der Waals surface area contributed by atoms with Crippen LogP contribution in [-0.2, 0) is 27.8 Å². The van der Waals surface area contributed by atoms with Crippen molar-refractivity contribution in [1.29, 1.82) is 0 Å². The van der Waals surface area contributed by atoms with E-state index in [-0.39, 0.29) is 12.3 Å². The number of nitrogens with zero attached hydrogens (tertiary/aromatic N) is 1. The normalized spacial score (nSPS) is 15.3. The van der Waals surface area contributed by atoms with Crippen molar-refractivity contribution in [3.05, 3.63) is 50.8 Å². The molecule has 26 heavy (non-hydrogen) atoms. The molecule has 140 valence electrons. The molecule has 1 aliphatic heterocycles. The van der Waals surface area contributed by atoms with Gasteiger partial charge in [-0.2, -0.15) is 4.31 Å². The predicted molar refractivity (Wildman–Crippen MR) is 104 cm³/mol. The molecule has 0 aliphatic carbocycles. The van der Waals surface area contributed by atoms with Crippen molar-refractivity contribution >= 4 is 50.5 Å². The Morgan fingerprint density at radius 1 is 1.15 bits per heavy atom. The quantitative estimate of drug-likeness (QED) is 0.756. The lowest BCUT2D eigenvalue weighted by atomic mass is 10.2. The number of rotatable bonds is 6. The van der Waals surface area contributed by atoms with Gasteiger partial charge in [-0.3, -0.25) is 4.79 Å². The lowest BCUT2D eigenvalue weighted by Crippen LogP contribution is -2.27. The number of carbonyl (C=O) groups is 1. The summed E-state index contributed by atoms with van der Waals surface area (Å²) in [4.78, 5) is 12.9. The SMILES string of the molecule is O=C(Cc1ccc(S(=O)(=O)N2CCCC2)s1)NCc1ccc(Cl)cc1Cl. The maximum Gasteiger partial charge on any atom is 0.252 e. The summed E-state index contributed by atoms with van der Waals surface area (Å²) in [5.41, 5.74) is 0.771. The van der Waals surface area contributed by atoms with Crippen LogP contribution in [-0.4, -0.2) is 31.7 Å². The van der Waals surface area contributed by atoms with Crippen LogP contribution in [0.5, 0.6) is 0 Å². The second-order valence-corrected chi connectivity index (χ2v) is 10.2. The highest BCUT2D eigenvalue weighted by atomic mass is 35.5. The van der Waals surface area contributed by atoms with Crippen LogP contribution in [0.15, 0.2) is 34.5 Å². The summed E-state index contributed by atoms with van der Waals surface area (Å²) in [5, 5.41) is 3.82. The summed E-state index contributed by atoms with van der Waals surface area (Å²) in [5.74, 6) is -0.192. The molecule has 0 unspecified atom stereocenters. The molecule has 1 amide bonds. The van der Waals surface area contributed by atoms with Crippen molar-refractivity contribution in [1.82, 2.24) is 9.62 Å². The van der Waals surface area contributed by atoms with E-state index in [1.54, 1.807) is 30.3 Å². The van der Waals surface area contributed by atoms with Crippen LogP contribution in [0.4, 0.5) is 0 Å². The van der Waals surface area contributed by atoms with E-state index in [4.69, 9.17) is 23.2 Å². The molecule has 2 aromatic rings. The van der Waals surface area contributed by atoms with E-state index in [9.17, 15) is 13.2 Å². The molecular formula is C17H18Cl2N2O3S2. The average Bonchev–Trinajstić information content (AvgIpc) is 3.26. The van der Waals surface area contributed by atoms with Gasteiger partial charge in [-0.15, -0.1) is 11.3 Å². The van der Waals surface area contributed by atoms with E-state index in [1.165, 1.54) is 4.31 Å². The van der Waals surface area contributed by atoms with Gasteiger partial charge >= 0.3 is 0 Å². The highest BCUT2D eigenvalue weighted by Crippen LogP contribution is 2.27. The summed E-state index contributed by atoms with van der Waals surface area (Å²) in [7, 11) is -3.43. The van der Waals surface area contributed by atoms with Gasteiger partial charge in [-0.1, -0.05) is 29.3 Å². The molecular weight excluding hydrogens is 415 g/mol. The Bertz CT molecular complexity index is 906. The lowest BCUT2D eigenvalue weighted by molar-refractivity contribution is -0.120. The van der Waals surface area contributed by atoms with Crippen LogP contribution >= 0.6 is 34.5 Å². The first-order valence-corrected chi connectivity index (χ1v) is 11.2. The molecule has 1 N–H and O–H groups in total. The predicted octanol–water partition coefficient (Wildman–Crippen LogP) is 3.70. The first-order chi connectivity index (χ1) is 12.4. The van der Waals surface area contributed by atoms with Crippen molar-refractivity contribution in [3.63, 3.8) is 0 Å². The molecule has 1 aliphatic rings. The number of carbonyl (C=O) groups excluding carboxylic acids is 1. The molecule has 0 radical (unpaired) electrons. The molecule has 1 aromatic heterocycles. The Labute approximate surface area is 167 Å². The minimum atomic E-state index is -3.43. The van der Waals surface area contributed by atoms with Gasteiger partial charge in [0.25, 0.3) is 10.0 Å². The first-order valence-electron chi connectivity index (χ1n) is 8.16.